The van der Waals surface area contributed by atoms with Crippen LogP contribution in [0.4, 0.5) is 11.4 Å². The summed E-state index contributed by atoms with van der Waals surface area (Å²) in [7, 11) is 0. The first kappa shape index (κ1) is 20.6. The van der Waals surface area contributed by atoms with Crippen molar-refractivity contribution in [1.82, 2.24) is 0 Å². The standard InChI is InChI=1S/C20H11ClIN3O4/c21-17-6-4-12(9-18(17)25(27)28)19-7-5-16(29-19)8-13(11-23)20(26)24-15-3-1-2-14(22)10-15/h1-10H,(H,24,26)/b13-8+. The van der Waals surface area contributed by atoms with Crippen LogP contribution in [0.25, 0.3) is 17.4 Å². The summed E-state index contributed by atoms with van der Waals surface area (Å²) >= 11 is 7.94. The molecule has 7 nitrogen and oxygen atoms in total. The van der Waals surface area contributed by atoms with Gasteiger partial charge in [-0.3, -0.25) is 14.9 Å². The molecule has 0 spiro atoms. The number of nitrogens with zero attached hydrogens (tertiary/aromatic N) is 2. The second-order valence-electron chi connectivity index (χ2n) is 5.76. The Kier molecular flexibility index (Phi) is 6.31. The summed E-state index contributed by atoms with van der Waals surface area (Å²) in [5, 5.41) is 23.0. The van der Waals surface area contributed by atoms with Crippen molar-refractivity contribution in [3.8, 4) is 17.4 Å². The monoisotopic (exact) mass is 519 g/mol. The van der Waals surface area contributed by atoms with Gasteiger partial charge in [0, 0.05) is 27.0 Å². The fourth-order valence-electron chi connectivity index (χ4n) is 2.45. The van der Waals surface area contributed by atoms with E-state index < -0.39 is 10.8 Å². The van der Waals surface area contributed by atoms with Crippen molar-refractivity contribution in [2.75, 3.05) is 5.32 Å². The molecule has 0 fully saturated rings. The largest absolute Gasteiger partial charge is 0.457 e. The number of nitro benzene ring substituents is 1. The van der Waals surface area contributed by atoms with Gasteiger partial charge >= 0.3 is 0 Å². The van der Waals surface area contributed by atoms with Crippen molar-refractivity contribution in [2.45, 2.75) is 0 Å². The molecule has 1 amide bonds. The van der Waals surface area contributed by atoms with Crippen molar-refractivity contribution in [1.29, 1.82) is 5.26 Å². The van der Waals surface area contributed by atoms with Crippen LogP contribution < -0.4 is 5.32 Å². The number of furan rings is 1. The van der Waals surface area contributed by atoms with Gasteiger partial charge in [-0.2, -0.15) is 5.26 Å². The van der Waals surface area contributed by atoms with Gasteiger partial charge in [0.2, 0.25) is 0 Å². The lowest BCUT2D eigenvalue weighted by molar-refractivity contribution is -0.384. The zero-order valence-corrected chi connectivity index (χ0v) is 17.5. The molecule has 0 saturated carbocycles. The SMILES string of the molecule is N#C/C(=C\c1ccc(-c2ccc(Cl)c([N+](=O)[O-])c2)o1)C(=O)Nc1cccc(I)c1. The first-order chi connectivity index (χ1) is 13.9. The van der Waals surface area contributed by atoms with Crippen LogP contribution in [0.5, 0.6) is 0 Å². The number of nitrogens with one attached hydrogen (secondary N) is 1. The molecule has 0 saturated heterocycles. The maximum absolute atomic E-state index is 12.4. The van der Waals surface area contributed by atoms with E-state index in [1.54, 1.807) is 36.4 Å². The number of nitro groups is 1. The Bertz CT molecular complexity index is 1180. The smallest absolute Gasteiger partial charge is 0.288 e. The van der Waals surface area contributed by atoms with E-state index in [9.17, 15) is 20.2 Å². The molecule has 0 aliphatic heterocycles. The maximum atomic E-state index is 12.4. The average Bonchev–Trinajstić information content (AvgIpc) is 3.14. The third-order valence-corrected chi connectivity index (χ3v) is 4.78. The molecule has 2 aromatic carbocycles. The molecule has 0 radical (unpaired) electrons. The zero-order chi connectivity index (χ0) is 21.0. The highest BCUT2D eigenvalue weighted by Crippen LogP contribution is 2.31. The number of carbonyl (C=O) groups excluding carboxylic acids is 1. The predicted octanol–water partition coefficient (Wildman–Crippen LogP) is 5.66. The first-order valence-electron chi connectivity index (χ1n) is 8.10. The minimum absolute atomic E-state index is 0.0180. The maximum Gasteiger partial charge on any atom is 0.288 e. The van der Waals surface area contributed by atoms with Crippen molar-refractivity contribution in [2.24, 2.45) is 0 Å². The van der Waals surface area contributed by atoms with Gasteiger partial charge in [-0.05, 0) is 65.1 Å². The summed E-state index contributed by atoms with van der Waals surface area (Å²) in [6.45, 7) is 0. The number of hydrogen-bond acceptors (Lipinski definition) is 5. The highest BCUT2D eigenvalue weighted by molar-refractivity contribution is 14.1. The summed E-state index contributed by atoms with van der Waals surface area (Å²) in [4.78, 5) is 22.8. The number of benzene rings is 2. The Labute approximate surface area is 183 Å². The molecule has 1 heterocycles. The van der Waals surface area contributed by atoms with Crippen molar-refractivity contribution in [3.63, 3.8) is 0 Å². The highest BCUT2D eigenvalue weighted by atomic mass is 127. The third kappa shape index (κ3) is 5.01. The fourth-order valence-corrected chi connectivity index (χ4v) is 3.18. The number of amides is 1. The fraction of sp³-hybridized carbons (Fsp3) is 0. The van der Waals surface area contributed by atoms with Crippen LogP contribution in [0, 0.1) is 25.0 Å². The van der Waals surface area contributed by atoms with Gasteiger partial charge in [-0.15, -0.1) is 0 Å². The lowest BCUT2D eigenvalue weighted by Crippen LogP contribution is -2.13. The van der Waals surface area contributed by atoms with Gasteiger partial charge in [-0.25, -0.2) is 0 Å². The van der Waals surface area contributed by atoms with E-state index in [-0.39, 0.29) is 22.0 Å². The quantitative estimate of drug-likeness (QED) is 0.154. The molecule has 1 N–H and O–H groups in total. The van der Waals surface area contributed by atoms with Gasteiger partial charge in [-0.1, -0.05) is 17.7 Å². The lowest BCUT2D eigenvalue weighted by Gasteiger charge is -2.04. The zero-order valence-electron chi connectivity index (χ0n) is 14.6. The van der Waals surface area contributed by atoms with Crippen LogP contribution in [0.3, 0.4) is 0 Å². The molecule has 1 aromatic heterocycles. The van der Waals surface area contributed by atoms with Crippen LogP contribution in [0.15, 0.2) is 64.6 Å². The molecule has 29 heavy (non-hydrogen) atoms. The van der Waals surface area contributed by atoms with E-state index in [1.165, 1.54) is 18.2 Å². The summed E-state index contributed by atoms with van der Waals surface area (Å²) in [6.07, 6.45) is 1.30. The second kappa shape index (κ2) is 8.89. The molecular weight excluding hydrogens is 509 g/mol. The van der Waals surface area contributed by atoms with Crippen molar-refractivity contribution >= 4 is 57.5 Å². The van der Waals surface area contributed by atoms with Crippen LogP contribution in [-0.4, -0.2) is 10.8 Å². The number of halogens is 2. The topological polar surface area (TPSA) is 109 Å². The minimum Gasteiger partial charge on any atom is -0.457 e. The Morgan fingerprint density at radius 3 is 2.72 bits per heavy atom. The number of carbonyl (C=O) groups is 1. The number of anilines is 1. The molecule has 144 valence electrons. The Morgan fingerprint density at radius 1 is 1.24 bits per heavy atom. The van der Waals surface area contributed by atoms with Crippen LogP contribution >= 0.6 is 34.2 Å². The Hall–Kier alpha value is -3.16. The first-order valence-corrected chi connectivity index (χ1v) is 9.56. The molecule has 9 heteroatoms. The molecule has 0 aliphatic rings. The summed E-state index contributed by atoms with van der Waals surface area (Å²) in [5.74, 6) is 0.0212. The van der Waals surface area contributed by atoms with E-state index in [0.717, 1.165) is 3.57 Å². The summed E-state index contributed by atoms with van der Waals surface area (Å²) in [5.41, 5.74) is 0.623. The van der Waals surface area contributed by atoms with E-state index in [1.807, 2.05) is 12.1 Å². The van der Waals surface area contributed by atoms with Gasteiger partial charge in [0.1, 0.15) is 28.2 Å². The van der Waals surface area contributed by atoms with E-state index in [4.69, 9.17) is 16.0 Å². The van der Waals surface area contributed by atoms with Gasteiger partial charge in [0.05, 0.1) is 4.92 Å². The molecule has 3 rings (SSSR count). The molecule has 0 unspecified atom stereocenters. The van der Waals surface area contributed by atoms with Gasteiger partial charge in [0.25, 0.3) is 11.6 Å². The molecular formula is C20H11ClIN3O4. The van der Waals surface area contributed by atoms with Crippen molar-refractivity contribution < 1.29 is 14.1 Å². The van der Waals surface area contributed by atoms with Gasteiger partial charge < -0.3 is 9.73 Å². The minimum atomic E-state index is -0.585. The Balaban J connectivity index is 1.84. The third-order valence-electron chi connectivity index (χ3n) is 3.79. The normalized spacial score (nSPS) is 11.0. The Morgan fingerprint density at radius 2 is 2.03 bits per heavy atom. The molecule has 0 bridgehead atoms. The molecule has 0 atom stereocenters. The highest BCUT2D eigenvalue weighted by Gasteiger charge is 2.16. The van der Waals surface area contributed by atoms with Crippen LogP contribution in [0.2, 0.25) is 5.02 Å². The number of rotatable bonds is 5. The number of hydrogen-bond donors (Lipinski definition) is 1. The van der Waals surface area contributed by atoms with E-state index in [0.29, 0.717) is 17.0 Å². The average molecular weight is 520 g/mol. The molecule has 3 aromatic rings. The molecule has 0 aliphatic carbocycles. The van der Waals surface area contributed by atoms with Gasteiger partial charge in [0.15, 0.2) is 0 Å². The van der Waals surface area contributed by atoms with Crippen LogP contribution in [0.1, 0.15) is 5.76 Å². The number of nitriles is 1. The lowest BCUT2D eigenvalue weighted by atomic mass is 10.1. The van der Waals surface area contributed by atoms with E-state index in [2.05, 4.69) is 27.9 Å². The van der Waals surface area contributed by atoms with Crippen LogP contribution in [-0.2, 0) is 4.79 Å². The van der Waals surface area contributed by atoms with Crippen molar-refractivity contribution in [3.05, 3.63) is 84.6 Å². The summed E-state index contributed by atoms with van der Waals surface area (Å²) < 4.78 is 6.56. The van der Waals surface area contributed by atoms with E-state index >= 15 is 0 Å². The predicted molar refractivity (Wildman–Crippen MR) is 117 cm³/mol. The summed E-state index contributed by atoms with van der Waals surface area (Å²) in [6, 6.07) is 16.4. The second-order valence-corrected chi connectivity index (χ2v) is 7.41.